The van der Waals surface area contributed by atoms with Crippen LogP contribution >= 0.6 is 0 Å². The van der Waals surface area contributed by atoms with Gasteiger partial charge < -0.3 is 20.3 Å². The second-order valence-electron chi connectivity index (χ2n) is 6.31. The summed E-state index contributed by atoms with van der Waals surface area (Å²) >= 11 is 0. The van der Waals surface area contributed by atoms with Crippen molar-refractivity contribution in [2.75, 3.05) is 13.2 Å². The molecule has 0 aromatic rings. The zero-order chi connectivity index (χ0) is 16.7. The molecule has 23 heavy (non-hydrogen) atoms. The molecule has 0 heterocycles. The van der Waals surface area contributed by atoms with Crippen LogP contribution in [0.4, 0.5) is 0 Å². The van der Waals surface area contributed by atoms with Crippen molar-refractivity contribution in [3.63, 3.8) is 0 Å². The van der Waals surface area contributed by atoms with Crippen molar-refractivity contribution in [1.29, 1.82) is 10.8 Å². The van der Waals surface area contributed by atoms with Crippen LogP contribution in [0.3, 0.4) is 0 Å². The van der Waals surface area contributed by atoms with Gasteiger partial charge in [-0.3, -0.25) is 0 Å². The predicted molar refractivity (Wildman–Crippen MR) is 90.2 cm³/mol. The average molecular weight is 318 g/mol. The molecule has 0 aromatic heterocycles. The van der Waals surface area contributed by atoms with Crippen molar-refractivity contribution in [2.24, 2.45) is 11.8 Å². The van der Waals surface area contributed by atoms with Crippen LogP contribution in [0.15, 0.2) is 24.8 Å². The summed E-state index contributed by atoms with van der Waals surface area (Å²) in [5.74, 6) is 0.484. The summed E-state index contributed by atoms with van der Waals surface area (Å²) in [6, 6.07) is 0. The lowest BCUT2D eigenvalue weighted by molar-refractivity contribution is -0.138. The average Bonchev–Trinajstić information content (AvgIpc) is 2.54. The largest absolute Gasteiger partial charge is 0.462 e. The number of hydrogen-bond acceptors (Lipinski definition) is 5. The monoisotopic (exact) mass is 318 g/mol. The van der Waals surface area contributed by atoms with Gasteiger partial charge in [0.15, 0.2) is 0 Å². The molecule has 2 unspecified atom stereocenters. The summed E-state index contributed by atoms with van der Waals surface area (Å²) < 4.78 is 10.7. The highest BCUT2D eigenvalue weighted by Crippen LogP contribution is 2.33. The molecule has 0 spiro atoms. The SMILES string of the molecule is C=CC(=O)OCCCOC1C=CC(C2CC(=N)CC(=N)C2)CC1. The minimum atomic E-state index is -0.394. The summed E-state index contributed by atoms with van der Waals surface area (Å²) in [7, 11) is 0. The molecule has 0 amide bonds. The van der Waals surface area contributed by atoms with E-state index in [0.29, 0.717) is 49.3 Å². The highest BCUT2D eigenvalue weighted by molar-refractivity contribution is 6.04. The second kappa shape index (κ2) is 8.77. The molecule has 1 fully saturated rings. The quantitative estimate of drug-likeness (QED) is 0.327. The Hall–Kier alpha value is -1.75. The molecule has 0 saturated heterocycles. The van der Waals surface area contributed by atoms with Gasteiger partial charge in [0.1, 0.15) is 0 Å². The van der Waals surface area contributed by atoms with E-state index in [1.807, 2.05) is 0 Å². The lowest BCUT2D eigenvalue weighted by Crippen LogP contribution is -2.29. The van der Waals surface area contributed by atoms with E-state index < -0.39 is 5.97 Å². The van der Waals surface area contributed by atoms with E-state index in [1.165, 1.54) is 0 Å². The fourth-order valence-electron chi connectivity index (χ4n) is 3.28. The third-order valence-corrected chi connectivity index (χ3v) is 4.44. The summed E-state index contributed by atoms with van der Waals surface area (Å²) in [6.07, 6.45) is 10.6. The Morgan fingerprint density at radius 2 is 1.96 bits per heavy atom. The number of carbonyl (C=O) groups is 1. The number of allylic oxidation sites excluding steroid dienone is 1. The van der Waals surface area contributed by atoms with Gasteiger partial charge in [-0.1, -0.05) is 18.7 Å². The molecule has 2 N–H and O–H groups in total. The third kappa shape index (κ3) is 5.75. The third-order valence-electron chi connectivity index (χ3n) is 4.44. The van der Waals surface area contributed by atoms with Crippen molar-refractivity contribution in [3.05, 3.63) is 24.8 Å². The number of esters is 1. The molecule has 0 radical (unpaired) electrons. The normalized spacial score (nSPS) is 27.7. The van der Waals surface area contributed by atoms with Crippen molar-refractivity contribution in [1.82, 2.24) is 0 Å². The van der Waals surface area contributed by atoms with Gasteiger partial charge in [-0.25, -0.2) is 4.79 Å². The van der Waals surface area contributed by atoms with E-state index in [1.54, 1.807) is 0 Å². The van der Waals surface area contributed by atoms with Crippen molar-refractivity contribution in [2.45, 2.75) is 44.6 Å². The lowest BCUT2D eigenvalue weighted by atomic mass is 9.74. The number of nitrogens with one attached hydrogen (secondary N) is 2. The lowest BCUT2D eigenvalue weighted by Gasteiger charge is -2.32. The summed E-state index contributed by atoms with van der Waals surface area (Å²) in [5, 5.41) is 15.7. The van der Waals surface area contributed by atoms with Gasteiger partial charge >= 0.3 is 5.97 Å². The smallest absolute Gasteiger partial charge is 0.330 e. The minimum Gasteiger partial charge on any atom is -0.462 e. The van der Waals surface area contributed by atoms with Crippen molar-refractivity contribution >= 4 is 17.4 Å². The molecule has 0 aromatic carbocycles. The van der Waals surface area contributed by atoms with Crippen molar-refractivity contribution < 1.29 is 14.3 Å². The molecule has 2 atom stereocenters. The first kappa shape index (κ1) is 17.6. The van der Waals surface area contributed by atoms with E-state index in [9.17, 15) is 4.79 Å². The Morgan fingerprint density at radius 1 is 1.22 bits per heavy atom. The maximum atomic E-state index is 10.9. The Labute approximate surface area is 137 Å². The fraction of sp³-hybridized carbons (Fsp3) is 0.611. The maximum absolute atomic E-state index is 10.9. The Kier molecular flexibility index (Phi) is 6.71. The minimum absolute atomic E-state index is 0.129. The van der Waals surface area contributed by atoms with Crippen LogP contribution < -0.4 is 0 Å². The molecule has 126 valence electrons. The first-order chi connectivity index (χ1) is 11.1. The van der Waals surface area contributed by atoms with E-state index in [-0.39, 0.29) is 6.10 Å². The highest BCUT2D eigenvalue weighted by atomic mass is 16.5. The van der Waals surface area contributed by atoms with Gasteiger partial charge in [-0.15, -0.1) is 0 Å². The van der Waals surface area contributed by atoms with E-state index in [2.05, 4.69) is 18.7 Å². The van der Waals surface area contributed by atoms with Gasteiger partial charge in [0.25, 0.3) is 0 Å². The van der Waals surface area contributed by atoms with Crippen LogP contribution in [0.25, 0.3) is 0 Å². The number of hydrogen-bond donors (Lipinski definition) is 2. The van der Waals surface area contributed by atoms with E-state index >= 15 is 0 Å². The highest BCUT2D eigenvalue weighted by Gasteiger charge is 2.29. The molecule has 2 aliphatic rings. The molecule has 0 aliphatic heterocycles. The first-order valence-corrected chi connectivity index (χ1v) is 8.30. The van der Waals surface area contributed by atoms with Gasteiger partial charge in [0, 0.05) is 30.3 Å². The number of carbonyl (C=O) groups excluding carboxylic acids is 1. The van der Waals surface area contributed by atoms with E-state index in [0.717, 1.165) is 31.8 Å². The molecule has 0 bridgehead atoms. The van der Waals surface area contributed by atoms with E-state index in [4.69, 9.17) is 20.3 Å². The van der Waals surface area contributed by atoms with Gasteiger partial charge in [0.05, 0.1) is 19.3 Å². The summed E-state index contributed by atoms with van der Waals surface area (Å²) in [4.78, 5) is 10.9. The molecule has 5 heteroatoms. The second-order valence-corrected chi connectivity index (χ2v) is 6.31. The molecule has 2 aliphatic carbocycles. The van der Waals surface area contributed by atoms with Crippen LogP contribution in [0.1, 0.15) is 38.5 Å². The van der Waals surface area contributed by atoms with Crippen LogP contribution in [-0.2, 0) is 14.3 Å². The van der Waals surface area contributed by atoms with Gasteiger partial charge in [0.2, 0.25) is 0 Å². The van der Waals surface area contributed by atoms with Crippen molar-refractivity contribution in [3.8, 4) is 0 Å². The molecular formula is C18H26N2O3. The first-order valence-electron chi connectivity index (χ1n) is 8.30. The number of ether oxygens (including phenoxy) is 2. The Balaban J connectivity index is 1.67. The Bertz CT molecular complexity index is 482. The fourth-order valence-corrected chi connectivity index (χ4v) is 3.28. The molecule has 1 saturated carbocycles. The standard InChI is InChI=1S/C18H26N2O3/c1-2-18(21)23-9-3-8-22-17-6-4-13(5-7-17)14-10-15(19)12-16(20)11-14/h2,4,6,13-14,17,19-20H,1,3,5,7-12H2. The van der Waals surface area contributed by atoms with Gasteiger partial charge in [-0.2, -0.15) is 0 Å². The van der Waals surface area contributed by atoms with Crippen LogP contribution in [-0.4, -0.2) is 36.7 Å². The summed E-state index contributed by atoms with van der Waals surface area (Å²) in [6.45, 7) is 4.28. The molecule has 2 rings (SSSR count). The summed E-state index contributed by atoms with van der Waals surface area (Å²) in [5.41, 5.74) is 1.40. The zero-order valence-electron chi connectivity index (χ0n) is 13.6. The number of rotatable bonds is 7. The zero-order valence-corrected chi connectivity index (χ0v) is 13.6. The Morgan fingerprint density at radius 3 is 2.57 bits per heavy atom. The predicted octanol–water partition coefficient (Wildman–Crippen LogP) is 3.30. The van der Waals surface area contributed by atoms with Crippen LogP contribution in [0.2, 0.25) is 0 Å². The van der Waals surface area contributed by atoms with Crippen LogP contribution in [0, 0.1) is 22.7 Å². The maximum Gasteiger partial charge on any atom is 0.330 e. The van der Waals surface area contributed by atoms with Gasteiger partial charge in [-0.05, 0) is 37.5 Å². The molecular weight excluding hydrogens is 292 g/mol. The topological polar surface area (TPSA) is 83.2 Å². The van der Waals surface area contributed by atoms with Crippen LogP contribution in [0.5, 0.6) is 0 Å². The molecule has 5 nitrogen and oxygen atoms in total.